The van der Waals surface area contributed by atoms with Crippen molar-refractivity contribution in [1.29, 1.82) is 0 Å². The van der Waals surface area contributed by atoms with Gasteiger partial charge in [-0.05, 0) is 68.9 Å². The number of rotatable bonds is 8. The van der Waals surface area contributed by atoms with E-state index in [2.05, 4.69) is 27.6 Å². The van der Waals surface area contributed by atoms with Crippen LogP contribution in [0.4, 0.5) is 0 Å². The highest BCUT2D eigenvalue weighted by Gasteiger charge is 2.20. The van der Waals surface area contributed by atoms with E-state index >= 15 is 0 Å². The van der Waals surface area contributed by atoms with E-state index in [-0.39, 0.29) is 29.9 Å². The van der Waals surface area contributed by atoms with Gasteiger partial charge in [-0.1, -0.05) is 53.5 Å². The van der Waals surface area contributed by atoms with Crippen molar-refractivity contribution in [2.24, 2.45) is 0 Å². The fourth-order valence-corrected chi connectivity index (χ4v) is 4.18. The van der Waals surface area contributed by atoms with E-state index in [1.54, 1.807) is 31.4 Å². The minimum Gasteiger partial charge on any atom is -0.437 e. The molecule has 0 saturated carbocycles. The molecule has 10 heteroatoms. The number of piperidine rings is 1. The Bertz CT molecular complexity index is 1190. The maximum absolute atomic E-state index is 12.6. The first-order valence-corrected chi connectivity index (χ1v) is 13.0. The van der Waals surface area contributed by atoms with Gasteiger partial charge in [0.1, 0.15) is 11.3 Å². The Morgan fingerprint density at radius 2 is 1.79 bits per heavy atom. The predicted molar refractivity (Wildman–Crippen MR) is 149 cm³/mol. The molecule has 0 unspecified atom stereocenters. The number of likely N-dealkylation sites (tertiary alicyclic amines) is 1. The van der Waals surface area contributed by atoms with Crippen LogP contribution in [0, 0.1) is 0 Å². The maximum Gasteiger partial charge on any atom is 0.257 e. The van der Waals surface area contributed by atoms with E-state index in [1.807, 2.05) is 30.3 Å². The Labute approximate surface area is 233 Å². The third-order valence-corrected chi connectivity index (χ3v) is 6.29. The zero-order valence-corrected chi connectivity index (χ0v) is 23.0. The third kappa shape index (κ3) is 9.61. The number of halogens is 2. The zero-order chi connectivity index (χ0) is 27.3. The number of ether oxygens (including phenoxy) is 2. The van der Waals surface area contributed by atoms with Gasteiger partial charge in [0.05, 0.1) is 18.2 Å². The normalized spacial score (nSPS) is 13.7. The van der Waals surface area contributed by atoms with Crippen molar-refractivity contribution in [2.75, 3.05) is 33.8 Å². The molecule has 0 radical (unpaired) electrons. The summed E-state index contributed by atoms with van der Waals surface area (Å²) in [6.45, 7) is 2.48. The molecule has 2 aromatic carbocycles. The highest BCUT2D eigenvalue weighted by molar-refractivity contribution is 6.35. The SMILES string of the molecule is CN1CCC(NC(=O)CNC(=O)c2cccnc2Oc2ccc(Cl)cc2Cl)CC1.COCc1ccccc1. The van der Waals surface area contributed by atoms with E-state index in [0.29, 0.717) is 22.4 Å². The number of aromatic nitrogens is 1. The summed E-state index contributed by atoms with van der Waals surface area (Å²) in [4.78, 5) is 31.1. The molecule has 0 atom stereocenters. The smallest absolute Gasteiger partial charge is 0.257 e. The van der Waals surface area contributed by atoms with Crippen molar-refractivity contribution in [2.45, 2.75) is 25.5 Å². The fraction of sp³-hybridized carbons (Fsp3) is 0.321. The zero-order valence-electron chi connectivity index (χ0n) is 21.5. The number of pyridine rings is 1. The van der Waals surface area contributed by atoms with Gasteiger partial charge in [-0.25, -0.2) is 4.98 Å². The third-order valence-electron chi connectivity index (χ3n) is 5.76. The Hall–Kier alpha value is -3.17. The molecule has 3 aromatic rings. The molecule has 8 nitrogen and oxygen atoms in total. The minimum absolute atomic E-state index is 0.0879. The molecule has 0 spiro atoms. The van der Waals surface area contributed by atoms with Crippen molar-refractivity contribution in [1.82, 2.24) is 20.5 Å². The van der Waals surface area contributed by atoms with Crippen molar-refractivity contribution in [3.05, 3.63) is 88.0 Å². The van der Waals surface area contributed by atoms with Gasteiger partial charge in [0, 0.05) is 24.4 Å². The fourth-order valence-electron chi connectivity index (χ4n) is 3.74. The molecule has 1 aliphatic rings. The maximum atomic E-state index is 12.6. The summed E-state index contributed by atoms with van der Waals surface area (Å²) in [5.74, 6) is -0.273. The highest BCUT2D eigenvalue weighted by atomic mass is 35.5. The molecule has 4 rings (SSSR count). The summed E-state index contributed by atoms with van der Waals surface area (Å²) >= 11 is 12.0. The summed E-state index contributed by atoms with van der Waals surface area (Å²) < 4.78 is 10.6. The lowest BCUT2D eigenvalue weighted by Crippen LogP contribution is -2.46. The monoisotopic (exact) mass is 558 g/mol. The van der Waals surface area contributed by atoms with Gasteiger partial charge in [0.15, 0.2) is 0 Å². The quantitative estimate of drug-likeness (QED) is 0.406. The average Bonchev–Trinajstić information content (AvgIpc) is 2.92. The van der Waals surface area contributed by atoms with Crippen LogP contribution in [0.25, 0.3) is 0 Å². The number of hydrogen-bond acceptors (Lipinski definition) is 6. The molecule has 2 amide bonds. The summed E-state index contributed by atoms with van der Waals surface area (Å²) in [7, 11) is 3.76. The summed E-state index contributed by atoms with van der Waals surface area (Å²) in [6.07, 6.45) is 3.31. The molecule has 2 heterocycles. The molecule has 1 fully saturated rings. The average molecular weight is 559 g/mol. The topological polar surface area (TPSA) is 92.8 Å². The van der Waals surface area contributed by atoms with E-state index in [4.69, 9.17) is 32.7 Å². The van der Waals surface area contributed by atoms with Crippen LogP contribution < -0.4 is 15.4 Å². The second-order valence-corrected chi connectivity index (χ2v) is 9.62. The number of benzene rings is 2. The number of nitrogens with one attached hydrogen (secondary N) is 2. The van der Waals surface area contributed by atoms with Crippen LogP contribution >= 0.6 is 23.2 Å². The first-order valence-electron chi connectivity index (χ1n) is 12.2. The predicted octanol–water partition coefficient (Wildman–Crippen LogP) is 4.95. The Kier molecular flexibility index (Phi) is 11.8. The van der Waals surface area contributed by atoms with Crippen molar-refractivity contribution in [3.8, 4) is 11.6 Å². The van der Waals surface area contributed by atoms with Gasteiger partial charge in [0.25, 0.3) is 5.91 Å². The molecule has 38 heavy (non-hydrogen) atoms. The van der Waals surface area contributed by atoms with E-state index in [9.17, 15) is 9.59 Å². The first-order chi connectivity index (χ1) is 18.4. The number of hydrogen-bond donors (Lipinski definition) is 2. The van der Waals surface area contributed by atoms with Gasteiger partial charge in [-0.2, -0.15) is 0 Å². The molecule has 1 saturated heterocycles. The van der Waals surface area contributed by atoms with Crippen molar-refractivity contribution >= 4 is 35.0 Å². The number of carbonyl (C=O) groups excluding carboxylic acids is 2. The van der Waals surface area contributed by atoms with Gasteiger partial charge in [0.2, 0.25) is 11.8 Å². The lowest BCUT2D eigenvalue weighted by molar-refractivity contribution is -0.121. The molecule has 0 aliphatic carbocycles. The van der Waals surface area contributed by atoms with Crippen molar-refractivity contribution in [3.63, 3.8) is 0 Å². The van der Waals surface area contributed by atoms with Crippen LogP contribution in [-0.2, 0) is 16.1 Å². The van der Waals surface area contributed by atoms with Crippen molar-refractivity contribution < 1.29 is 19.1 Å². The largest absolute Gasteiger partial charge is 0.437 e. The molecule has 1 aliphatic heterocycles. The van der Waals surface area contributed by atoms with E-state index in [1.165, 1.54) is 17.8 Å². The molecule has 202 valence electrons. The molecule has 0 bridgehead atoms. The summed E-state index contributed by atoms with van der Waals surface area (Å²) in [5.41, 5.74) is 1.42. The number of methoxy groups -OCH3 is 1. The molecular weight excluding hydrogens is 527 g/mol. The molecule has 1 aromatic heterocycles. The number of carbonyl (C=O) groups is 2. The van der Waals surface area contributed by atoms with Gasteiger partial charge in [-0.15, -0.1) is 0 Å². The number of nitrogens with zero attached hydrogens (tertiary/aromatic N) is 2. The summed E-state index contributed by atoms with van der Waals surface area (Å²) in [5, 5.41) is 6.34. The lowest BCUT2D eigenvalue weighted by atomic mass is 10.1. The standard InChI is InChI=1S/C20H22Cl2N4O3.C8H10O/c1-26-9-6-14(7-10-26)25-18(27)12-24-19(28)15-3-2-8-23-20(15)29-17-5-4-13(21)11-16(17)22;1-9-7-8-5-3-2-4-6-8/h2-5,8,11,14H,6-7,9-10,12H2,1H3,(H,24,28)(H,25,27);2-6H,7H2,1H3. The number of amides is 2. The Morgan fingerprint density at radius 1 is 1.05 bits per heavy atom. The van der Waals surface area contributed by atoms with Gasteiger partial charge < -0.3 is 25.0 Å². The highest BCUT2D eigenvalue weighted by Crippen LogP contribution is 2.32. The Morgan fingerprint density at radius 3 is 2.47 bits per heavy atom. The van der Waals surface area contributed by atoms with Crippen LogP contribution in [0.5, 0.6) is 11.6 Å². The van der Waals surface area contributed by atoms with Crippen LogP contribution in [0.15, 0.2) is 66.9 Å². The van der Waals surface area contributed by atoms with E-state index in [0.717, 1.165) is 25.9 Å². The van der Waals surface area contributed by atoms with Crippen LogP contribution in [0.1, 0.15) is 28.8 Å². The lowest BCUT2D eigenvalue weighted by Gasteiger charge is -2.29. The molecular formula is C28H32Cl2N4O4. The molecule has 2 N–H and O–H groups in total. The second-order valence-electron chi connectivity index (χ2n) is 8.78. The van der Waals surface area contributed by atoms with Crippen LogP contribution in [-0.4, -0.2) is 61.5 Å². The van der Waals surface area contributed by atoms with Crippen LogP contribution in [0.2, 0.25) is 10.0 Å². The Balaban J connectivity index is 0.000000375. The minimum atomic E-state index is -0.461. The van der Waals surface area contributed by atoms with Crippen LogP contribution in [0.3, 0.4) is 0 Å². The van der Waals surface area contributed by atoms with E-state index < -0.39 is 5.91 Å². The second kappa shape index (κ2) is 15.3. The first kappa shape index (κ1) is 29.4. The summed E-state index contributed by atoms with van der Waals surface area (Å²) in [6, 6.07) is 18.2. The van der Waals surface area contributed by atoms with Gasteiger partial charge >= 0.3 is 0 Å². The van der Waals surface area contributed by atoms with Gasteiger partial charge in [-0.3, -0.25) is 9.59 Å².